The van der Waals surface area contributed by atoms with Crippen molar-refractivity contribution in [1.29, 1.82) is 0 Å². The topological polar surface area (TPSA) is 47.9 Å². The molecule has 78 valence electrons. The summed E-state index contributed by atoms with van der Waals surface area (Å²) in [6.45, 7) is 2.57. The third-order valence-electron chi connectivity index (χ3n) is 1.67. The zero-order valence-corrected chi connectivity index (χ0v) is 10.4. The second-order valence-corrected chi connectivity index (χ2v) is 4.96. The van der Waals surface area contributed by atoms with Gasteiger partial charge in [-0.25, -0.2) is 0 Å². The van der Waals surface area contributed by atoms with Gasteiger partial charge in [-0.15, -0.1) is 10.2 Å². The van der Waals surface area contributed by atoms with E-state index in [1.54, 1.807) is 12.4 Å². The molecule has 2 heterocycles. The predicted octanol–water partition coefficient (Wildman–Crippen LogP) is 2.76. The van der Waals surface area contributed by atoms with E-state index in [2.05, 4.69) is 31.1 Å². The monoisotopic (exact) mass is 285 g/mol. The number of ether oxygens (including phenoxy) is 1. The number of rotatable bonds is 3. The maximum atomic E-state index is 5.36. The highest BCUT2D eigenvalue weighted by Gasteiger charge is 2.06. The molecule has 0 saturated heterocycles. The Labute approximate surface area is 99.5 Å². The predicted molar refractivity (Wildman–Crippen MR) is 62.0 cm³/mol. The van der Waals surface area contributed by atoms with Crippen LogP contribution in [0.4, 0.5) is 0 Å². The molecule has 6 heteroatoms. The zero-order valence-electron chi connectivity index (χ0n) is 7.98. The van der Waals surface area contributed by atoms with Crippen LogP contribution in [0.1, 0.15) is 6.92 Å². The molecular weight excluding hydrogens is 278 g/mol. The van der Waals surface area contributed by atoms with E-state index in [4.69, 9.17) is 4.74 Å². The van der Waals surface area contributed by atoms with Crippen molar-refractivity contribution in [2.75, 3.05) is 6.61 Å². The third-order valence-corrected chi connectivity index (χ3v) is 3.08. The average molecular weight is 286 g/mol. The first-order chi connectivity index (χ1) is 7.29. The lowest BCUT2D eigenvalue weighted by Crippen LogP contribution is -1.92. The highest BCUT2D eigenvalue weighted by Crippen LogP contribution is 2.27. The lowest BCUT2D eigenvalue weighted by molar-refractivity contribution is 0.339. The molecule has 2 aromatic heterocycles. The van der Waals surface area contributed by atoms with Gasteiger partial charge in [0, 0.05) is 11.8 Å². The number of hydrogen-bond acceptors (Lipinski definition) is 5. The molecule has 0 bridgehead atoms. The van der Waals surface area contributed by atoms with E-state index in [-0.39, 0.29) is 0 Å². The normalized spacial score (nSPS) is 10.3. The molecule has 2 rings (SSSR count). The molecule has 0 aliphatic heterocycles. The first-order valence-electron chi connectivity index (χ1n) is 4.37. The zero-order chi connectivity index (χ0) is 10.7. The van der Waals surface area contributed by atoms with E-state index < -0.39 is 0 Å². The Balaban J connectivity index is 2.32. The van der Waals surface area contributed by atoms with Crippen LogP contribution in [-0.2, 0) is 0 Å². The second-order valence-electron chi connectivity index (χ2n) is 2.70. The summed E-state index contributed by atoms with van der Waals surface area (Å²) in [4.78, 5) is 4.09. The van der Waals surface area contributed by atoms with Gasteiger partial charge in [-0.3, -0.25) is 4.98 Å². The van der Waals surface area contributed by atoms with Crippen LogP contribution in [0.15, 0.2) is 22.4 Å². The van der Waals surface area contributed by atoms with Crippen molar-refractivity contribution >= 4 is 27.3 Å². The number of nitrogens with zero attached hydrogens (tertiary/aromatic N) is 3. The fraction of sp³-hybridized carbons (Fsp3) is 0.222. The number of pyridine rings is 1. The van der Waals surface area contributed by atoms with Crippen molar-refractivity contribution in [3.63, 3.8) is 0 Å². The van der Waals surface area contributed by atoms with Crippen LogP contribution in [0.2, 0.25) is 0 Å². The van der Waals surface area contributed by atoms with Gasteiger partial charge in [0.25, 0.3) is 0 Å². The molecule has 2 aromatic rings. The Morgan fingerprint density at radius 1 is 1.40 bits per heavy atom. The minimum absolute atomic E-state index is 0.630. The Kier molecular flexibility index (Phi) is 3.27. The minimum Gasteiger partial charge on any atom is -0.492 e. The van der Waals surface area contributed by atoms with Crippen LogP contribution < -0.4 is 4.74 Å². The van der Waals surface area contributed by atoms with Crippen LogP contribution in [0.3, 0.4) is 0 Å². The molecule has 0 fully saturated rings. The first-order valence-corrected chi connectivity index (χ1v) is 5.97. The molecule has 4 nitrogen and oxygen atoms in total. The molecule has 0 radical (unpaired) electrons. The van der Waals surface area contributed by atoms with E-state index in [9.17, 15) is 0 Å². The summed E-state index contributed by atoms with van der Waals surface area (Å²) in [6, 6.07) is 1.91. The standard InChI is InChI=1S/C9H8BrN3OS/c1-2-14-7-3-6(4-11-5-7)8-12-13-9(10)15-8/h3-5H,2H2,1H3. The summed E-state index contributed by atoms with van der Waals surface area (Å²) >= 11 is 4.74. The van der Waals surface area contributed by atoms with Gasteiger partial charge in [0.05, 0.1) is 12.8 Å². The van der Waals surface area contributed by atoms with Gasteiger partial charge in [0.2, 0.25) is 0 Å². The van der Waals surface area contributed by atoms with Crippen molar-refractivity contribution in [3.05, 3.63) is 22.4 Å². The second kappa shape index (κ2) is 4.67. The molecule has 0 aromatic carbocycles. The lowest BCUT2D eigenvalue weighted by Gasteiger charge is -2.02. The Morgan fingerprint density at radius 2 is 2.27 bits per heavy atom. The molecule has 0 unspecified atom stereocenters. The highest BCUT2D eigenvalue weighted by atomic mass is 79.9. The maximum Gasteiger partial charge on any atom is 0.183 e. The van der Waals surface area contributed by atoms with Gasteiger partial charge in [-0.2, -0.15) is 0 Å². The molecule has 0 spiro atoms. The highest BCUT2D eigenvalue weighted by molar-refractivity contribution is 9.11. The van der Waals surface area contributed by atoms with Crippen molar-refractivity contribution in [3.8, 4) is 16.3 Å². The number of hydrogen-bond donors (Lipinski definition) is 0. The quantitative estimate of drug-likeness (QED) is 0.870. The van der Waals surface area contributed by atoms with Crippen LogP contribution in [0.5, 0.6) is 5.75 Å². The van der Waals surface area contributed by atoms with Crippen LogP contribution >= 0.6 is 27.3 Å². The van der Waals surface area contributed by atoms with Gasteiger partial charge in [0.1, 0.15) is 10.8 Å². The Bertz CT molecular complexity index is 460. The molecular formula is C9H8BrN3OS. The van der Waals surface area contributed by atoms with Crippen LogP contribution in [-0.4, -0.2) is 21.8 Å². The van der Waals surface area contributed by atoms with Crippen LogP contribution in [0.25, 0.3) is 10.6 Å². The molecule has 0 aliphatic rings. The van der Waals surface area contributed by atoms with Crippen molar-refractivity contribution in [1.82, 2.24) is 15.2 Å². The fourth-order valence-corrected chi connectivity index (χ4v) is 2.19. The molecule has 15 heavy (non-hydrogen) atoms. The van der Waals surface area contributed by atoms with Gasteiger partial charge in [-0.05, 0) is 28.9 Å². The van der Waals surface area contributed by atoms with Crippen molar-refractivity contribution in [2.24, 2.45) is 0 Å². The largest absolute Gasteiger partial charge is 0.492 e. The summed E-state index contributed by atoms with van der Waals surface area (Å²) in [5, 5.41) is 8.73. The van der Waals surface area contributed by atoms with Gasteiger partial charge in [0.15, 0.2) is 3.92 Å². The van der Waals surface area contributed by atoms with Crippen molar-refractivity contribution in [2.45, 2.75) is 6.92 Å². The third kappa shape index (κ3) is 2.51. The molecule has 0 amide bonds. The summed E-state index contributed by atoms with van der Waals surface area (Å²) in [6.07, 6.45) is 3.43. The molecule has 0 saturated carbocycles. The molecule has 0 N–H and O–H groups in total. The smallest absolute Gasteiger partial charge is 0.183 e. The molecule has 0 atom stereocenters. The maximum absolute atomic E-state index is 5.36. The van der Waals surface area contributed by atoms with E-state index in [0.717, 1.165) is 20.2 Å². The summed E-state index contributed by atoms with van der Waals surface area (Å²) < 4.78 is 6.12. The molecule has 0 aliphatic carbocycles. The van der Waals surface area contributed by atoms with Crippen LogP contribution in [0, 0.1) is 0 Å². The summed E-state index contributed by atoms with van der Waals surface area (Å²) in [7, 11) is 0. The fourth-order valence-electron chi connectivity index (χ4n) is 1.10. The van der Waals surface area contributed by atoms with Crippen molar-refractivity contribution < 1.29 is 4.74 Å². The average Bonchev–Trinajstić information content (AvgIpc) is 2.66. The van der Waals surface area contributed by atoms with Gasteiger partial charge < -0.3 is 4.74 Å². The van der Waals surface area contributed by atoms with Gasteiger partial charge >= 0.3 is 0 Å². The first kappa shape index (κ1) is 10.5. The Morgan fingerprint density at radius 3 is 2.93 bits per heavy atom. The van der Waals surface area contributed by atoms with E-state index in [1.165, 1.54) is 11.3 Å². The number of aromatic nitrogens is 3. The SMILES string of the molecule is CCOc1cncc(-c2nnc(Br)s2)c1. The Hall–Kier alpha value is -1.01. The van der Waals surface area contributed by atoms with E-state index >= 15 is 0 Å². The van der Waals surface area contributed by atoms with E-state index in [0.29, 0.717) is 6.61 Å². The summed E-state index contributed by atoms with van der Waals surface area (Å²) in [5.74, 6) is 0.751. The minimum atomic E-state index is 0.630. The summed E-state index contributed by atoms with van der Waals surface area (Å²) in [5.41, 5.74) is 0.921. The van der Waals surface area contributed by atoms with E-state index in [1.807, 2.05) is 13.0 Å². The number of halogens is 1. The lowest BCUT2D eigenvalue weighted by atomic mass is 10.3. The van der Waals surface area contributed by atoms with Gasteiger partial charge in [-0.1, -0.05) is 11.3 Å².